The first kappa shape index (κ1) is 15.1. The lowest BCUT2D eigenvalue weighted by Gasteiger charge is -2.36. The average molecular weight is 391 g/mol. The van der Waals surface area contributed by atoms with Gasteiger partial charge < -0.3 is 0 Å². The maximum absolute atomic E-state index is 12.5. The molecule has 2 heterocycles. The number of thioether (sulfide) groups is 1. The standard InChI is InChI=1S/C10H13BrClNO2S3/c1-10(2)6-13(3-4-16-10)18(14,15)8-5-7(12)9(11)17-8/h5H,3-4,6H2,1-2H3. The molecular weight excluding hydrogens is 378 g/mol. The van der Waals surface area contributed by atoms with Gasteiger partial charge in [0.25, 0.3) is 10.0 Å². The molecule has 1 fully saturated rings. The van der Waals surface area contributed by atoms with Gasteiger partial charge in [-0.3, -0.25) is 0 Å². The monoisotopic (exact) mass is 389 g/mol. The molecule has 0 bridgehead atoms. The molecule has 0 amide bonds. The van der Waals surface area contributed by atoms with Crippen molar-refractivity contribution in [3.05, 3.63) is 14.9 Å². The lowest BCUT2D eigenvalue weighted by Crippen LogP contribution is -2.45. The maximum atomic E-state index is 12.5. The summed E-state index contributed by atoms with van der Waals surface area (Å²) in [6, 6.07) is 1.51. The van der Waals surface area contributed by atoms with E-state index in [1.165, 1.54) is 6.07 Å². The number of rotatable bonds is 2. The highest BCUT2D eigenvalue weighted by molar-refractivity contribution is 9.11. The van der Waals surface area contributed by atoms with Crippen LogP contribution >= 0.6 is 50.6 Å². The lowest BCUT2D eigenvalue weighted by molar-refractivity contribution is 0.388. The molecule has 1 aliphatic heterocycles. The van der Waals surface area contributed by atoms with Crippen LogP contribution in [0.25, 0.3) is 0 Å². The fraction of sp³-hybridized carbons (Fsp3) is 0.600. The second-order valence-electron chi connectivity index (χ2n) is 4.63. The smallest absolute Gasteiger partial charge is 0.206 e. The third-order valence-corrected chi connectivity index (χ3v) is 8.67. The quantitative estimate of drug-likeness (QED) is 0.773. The molecule has 0 saturated carbocycles. The zero-order valence-electron chi connectivity index (χ0n) is 9.94. The second-order valence-corrected chi connectivity index (χ2v) is 11.4. The molecule has 102 valence electrons. The summed E-state index contributed by atoms with van der Waals surface area (Å²) < 4.78 is 27.5. The molecule has 2 rings (SSSR count). The molecule has 0 radical (unpaired) electrons. The molecule has 0 spiro atoms. The minimum atomic E-state index is -3.41. The van der Waals surface area contributed by atoms with E-state index in [-0.39, 0.29) is 4.75 Å². The fourth-order valence-corrected chi connectivity index (χ4v) is 7.22. The Kier molecular flexibility index (Phi) is 4.42. The zero-order valence-corrected chi connectivity index (χ0v) is 14.7. The largest absolute Gasteiger partial charge is 0.252 e. The number of hydrogen-bond donors (Lipinski definition) is 0. The molecule has 0 atom stereocenters. The van der Waals surface area contributed by atoms with Crippen molar-refractivity contribution in [3.8, 4) is 0 Å². The van der Waals surface area contributed by atoms with Crippen LogP contribution in [0, 0.1) is 0 Å². The highest BCUT2D eigenvalue weighted by atomic mass is 79.9. The normalized spacial score (nSPS) is 21.1. The molecule has 1 aromatic rings. The highest BCUT2D eigenvalue weighted by Gasteiger charge is 2.35. The number of halogens is 2. The lowest BCUT2D eigenvalue weighted by atomic mass is 10.2. The molecule has 0 aromatic carbocycles. The third kappa shape index (κ3) is 3.07. The summed E-state index contributed by atoms with van der Waals surface area (Å²) in [6.07, 6.45) is 0. The maximum Gasteiger partial charge on any atom is 0.252 e. The number of sulfonamides is 1. The second kappa shape index (κ2) is 5.26. The van der Waals surface area contributed by atoms with E-state index in [2.05, 4.69) is 29.8 Å². The van der Waals surface area contributed by atoms with Crippen molar-refractivity contribution in [2.24, 2.45) is 0 Å². The summed E-state index contributed by atoms with van der Waals surface area (Å²) in [5, 5.41) is 0.448. The summed E-state index contributed by atoms with van der Waals surface area (Å²) in [7, 11) is -3.41. The summed E-state index contributed by atoms with van der Waals surface area (Å²) in [5.41, 5.74) is 0. The van der Waals surface area contributed by atoms with Gasteiger partial charge in [-0.15, -0.1) is 11.3 Å². The SMILES string of the molecule is CC1(C)CN(S(=O)(=O)c2cc(Cl)c(Br)s2)CCS1. The van der Waals surface area contributed by atoms with Crippen molar-refractivity contribution in [1.29, 1.82) is 0 Å². The van der Waals surface area contributed by atoms with Gasteiger partial charge in [0.2, 0.25) is 0 Å². The van der Waals surface area contributed by atoms with E-state index < -0.39 is 10.0 Å². The Labute approximate surface area is 129 Å². The van der Waals surface area contributed by atoms with Gasteiger partial charge in [0, 0.05) is 23.6 Å². The molecule has 1 aromatic heterocycles. The number of nitrogens with zero attached hydrogens (tertiary/aromatic N) is 1. The van der Waals surface area contributed by atoms with Gasteiger partial charge in [-0.2, -0.15) is 16.1 Å². The van der Waals surface area contributed by atoms with Crippen LogP contribution in [0.3, 0.4) is 0 Å². The summed E-state index contributed by atoms with van der Waals surface area (Å²) in [4.78, 5) is 0. The topological polar surface area (TPSA) is 37.4 Å². The van der Waals surface area contributed by atoms with Gasteiger partial charge in [-0.25, -0.2) is 8.42 Å². The minimum Gasteiger partial charge on any atom is -0.206 e. The molecule has 8 heteroatoms. The summed E-state index contributed by atoms with van der Waals surface area (Å²) in [6.45, 7) is 5.23. The van der Waals surface area contributed by atoms with Crippen molar-refractivity contribution in [3.63, 3.8) is 0 Å². The van der Waals surface area contributed by atoms with Crippen LogP contribution in [0.1, 0.15) is 13.8 Å². The molecule has 1 aliphatic rings. The first-order chi connectivity index (χ1) is 8.22. The minimum absolute atomic E-state index is 0.0381. The van der Waals surface area contributed by atoms with Crippen LogP contribution in [-0.2, 0) is 10.0 Å². The molecule has 0 N–H and O–H groups in total. The first-order valence-electron chi connectivity index (χ1n) is 5.31. The van der Waals surface area contributed by atoms with E-state index in [1.54, 1.807) is 16.1 Å². The Morgan fingerprint density at radius 3 is 2.67 bits per heavy atom. The predicted octanol–water partition coefficient (Wildman–Crippen LogP) is 3.68. The first-order valence-corrected chi connectivity index (χ1v) is 9.73. The van der Waals surface area contributed by atoms with E-state index in [9.17, 15) is 8.42 Å². The van der Waals surface area contributed by atoms with Crippen molar-refractivity contribution < 1.29 is 8.42 Å². The van der Waals surface area contributed by atoms with E-state index in [4.69, 9.17) is 11.6 Å². The van der Waals surface area contributed by atoms with Gasteiger partial charge in [0.1, 0.15) is 4.21 Å². The highest BCUT2D eigenvalue weighted by Crippen LogP contribution is 2.38. The van der Waals surface area contributed by atoms with Gasteiger partial charge in [0.15, 0.2) is 0 Å². The Morgan fingerprint density at radius 1 is 1.50 bits per heavy atom. The summed E-state index contributed by atoms with van der Waals surface area (Å²) in [5.74, 6) is 0.826. The van der Waals surface area contributed by atoms with Crippen molar-refractivity contribution >= 4 is 60.7 Å². The summed E-state index contributed by atoms with van der Waals surface area (Å²) >= 11 is 12.1. The average Bonchev–Trinajstić information content (AvgIpc) is 2.58. The fourth-order valence-electron chi connectivity index (χ4n) is 1.76. The number of thiophene rings is 1. The van der Waals surface area contributed by atoms with Crippen LogP contribution in [0.4, 0.5) is 0 Å². The van der Waals surface area contributed by atoms with Crippen LogP contribution in [0.15, 0.2) is 14.1 Å². The van der Waals surface area contributed by atoms with Gasteiger partial charge >= 0.3 is 0 Å². The van der Waals surface area contributed by atoms with Crippen molar-refractivity contribution in [1.82, 2.24) is 4.31 Å². The molecule has 0 aliphatic carbocycles. The Bertz CT molecular complexity index is 536. The van der Waals surface area contributed by atoms with Crippen molar-refractivity contribution in [2.45, 2.75) is 22.8 Å². The zero-order chi connectivity index (χ0) is 13.6. The van der Waals surface area contributed by atoms with E-state index >= 15 is 0 Å². The Hall–Kier alpha value is 0.730. The van der Waals surface area contributed by atoms with Crippen LogP contribution in [0.2, 0.25) is 5.02 Å². The van der Waals surface area contributed by atoms with Crippen LogP contribution < -0.4 is 0 Å². The Balaban J connectivity index is 2.31. The predicted molar refractivity (Wildman–Crippen MR) is 82.3 cm³/mol. The molecule has 3 nitrogen and oxygen atoms in total. The number of hydrogen-bond acceptors (Lipinski definition) is 4. The molecule has 1 saturated heterocycles. The third-order valence-electron chi connectivity index (χ3n) is 2.61. The molecular formula is C10H13BrClNO2S3. The molecule has 0 unspecified atom stereocenters. The van der Waals surface area contributed by atoms with E-state index in [0.717, 1.165) is 17.1 Å². The van der Waals surface area contributed by atoms with Gasteiger partial charge in [0.05, 0.1) is 8.81 Å². The van der Waals surface area contributed by atoms with E-state index in [0.29, 0.717) is 26.1 Å². The van der Waals surface area contributed by atoms with Gasteiger partial charge in [-0.05, 0) is 35.8 Å². The van der Waals surface area contributed by atoms with Crippen molar-refractivity contribution in [2.75, 3.05) is 18.8 Å². The van der Waals surface area contributed by atoms with Crippen LogP contribution in [0.5, 0.6) is 0 Å². The van der Waals surface area contributed by atoms with E-state index in [1.807, 2.05) is 0 Å². The Morgan fingerprint density at radius 2 is 2.17 bits per heavy atom. The van der Waals surface area contributed by atoms with Gasteiger partial charge in [-0.1, -0.05) is 11.6 Å². The molecule has 18 heavy (non-hydrogen) atoms. The van der Waals surface area contributed by atoms with Crippen LogP contribution in [-0.4, -0.2) is 36.3 Å².